The number of ketones is 1. The molecule has 1 nitrogen and oxygen atoms in total. The molecule has 86 valence electrons. The molecule has 0 bridgehead atoms. The third kappa shape index (κ3) is 2.65. The van der Waals surface area contributed by atoms with Crippen LogP contribution in [0.4, 0.5) is 4.39 Å². The molecular formula is C13H7Cl2FO. The lowest BCUT2D eigenvalue weighted by Crippen LogP contribution is -2.02. The molecule has 0 unspecified atom stereocenters. The first-order chi connectivity index (χ1) is 8.08. The number of halogens is 3. The number of carbonyl (C=O) groups is 1. The molecule has 0 heterocycles. The maximum atomic E-state index is 12.9. The minimum absolute atomic E-state index is 0.0926. The first kappa shape index (κ1) is 12.1. The molecule has 0 saturated carbocycles. The Morgan fingerprint density at radius 3 is 2.47 bits per heavy atom. The SMILES string of the molecule is O=C(c1cccc(Cl)c1)c1ccc(F)cc1Cl. The monoisotopic (exact) mass is 268 g/mol. The van der Waals surface area contributed by atoms with Crippen LogP contribution in [0.5, 0.6) is 0 Å². The average Bonchev–Trinajstić information content (AvgIpc) is 2.28. The molecule has 0 amide bonds. The quantitative estimate of drug-likeness (QED) is 0.740. The van der Waals surface area contributed by atoms with Crippen molar-refractivity contribution in [1.29, 1.82) is 0 Å². The second kappa shape index (κ2) is 4.86. The predicted octanol–water partition coefficient (Wildman–Crippen LogP) is 4.36. The number of rotatable bonds is 2. The highest BCUT2D eigenvalue weighted by Crippen LogP contribution is 2.22. The van der Waals surface area contributed by atoms with E-state index in [-0.39, 0.29) is 16.4 Å². The van der Waals surface area contributed by atoms with Gasteiger partial charge in [0.15, 0.2) is 5.78 Å². The van der Waals surface area contributed by atoms with Gasteiger partial charge in [-0.15, -0.1) is 0 Å². The summed E-state index contributed by atoms with van der Waals surface area (Å²) in [7, 11) is 0. The third-order valence-electron chi connectivity index (χ3n) is 2.26. The lowest BCUT2D eigenvalue weighted by molar-refractivity contribution is 0.103. The predicted molar refractivity (Wildman–Crippen MR) is 66.3 cm³/mol. The van der Waals surface area contributed by atoms with Gasteiger partial charge in [0.25, 0.3) is 0 Å². The van der Waals surface area contributed by atoms with E-state index in [0.717, 1.165) is 6.07 Å². The van der Waals surface area contributed by atoms with Crippen LogP contribution < -0.4 is 0 Å². The van der Waals surface area contributed by atoms with Crippen molar-refractivity contribution in [1.82, 2.24) is 0 Å². The molecule has 0 N–H and O–H groups in total. The van der Waals surface area contributed by atoms with Gasteiger partial charge in [-0.25, -0.2) is 4.39 Å². The molecule has 0 aliphatic rings. The normalized spacial score (nSPS) is 10.3. The average molecular weight is 269 g/mol. The van der Waals surface area contributed by atoms with Crippen LogP contribution in [-0.4, -0.2) is 5.78 Å². The summed E-state index contributed by atoms with van der Waals surface area (Å²) in [5, 5.41) is 0.559. The Labute approximate surface area is 108 Å². The molecule has 17 heavy (non-hydrogen) atoms. The zero-order valence-electron chi connectivity index (χ0n) is 8.58. The first-order valence-corrected chi connectivity index (χ1v) is 5.59. The highest BCUT2D eigenvalue weighted by atomic mass is 35.5. The Hall–Kier alpha value is -1.38. The Balaban J connectivity index is 2.44. The smallest absolute Gasteiger partial charge is 0.194 e. The minimum atomic E-state index is -0.474. The lowest BCUT2D eigenvalue weighted by atomic mass is 10.0. The van der Waals surface area contributed by atoms with Gasteiger partial charge in [0, 0.05) is 16.1 Å². The van der Waals surface area contributed by atoms with Crippen molar-refractivity contribution >= 4 is 29.0 Å². The highest BCUT2D eigenvalue weighted by molar-refractivity contribution is 6.35. The van der Waals surface area contributed by atoms with Crippen LogP contribution in [0.1, 0.15) is 15.9 Å². The zero-order chi connectivity index (χ0) is 12.4. The maximum Gasteiger partial charge on any atom is 0.194 e. The topological polar surface area (TPSA) is 17.1 Å². The number of hydrogen-bond acceptors (Lipinski definition) is 1. The van der Waals surface area contributed by atoms with Crippen molar-refractivity contribution in [2.45, 2.75) is 0 Å². The number of benzene rings is 2. The fourth-order valence-electron chi connectivity index (χ4n) is 1.46. The molecule has 4 heteroatoms. The molecule has 0 aliphatic carbocycles. The van der Waals surface area contributed by atoms with E-state index in [1.165, 1.54) is 12.1 Å². The molecule has 2 rings (SSSR count). The van der Waals surface area contributed by atoms with Crippen molar-refractivity contribution in [3.05, 3.63) is 69.5 Å². The summed E-state index contributed by atoms with van der Waals surface area (Å²) in [6, 6.07) is 10.2. The molecule has 0 spiro atoms. The summed E-state index contributed by atoms with van der Waals surface area (Å²) < 4.78 is 12.9. The molecule has 0 aromatic heterocycles. The molecule has 0 aliphatic heterocycles. The van der Waals surface area contributed by atoms with Crippen LogP contribution in [0.2, 0.25) is 10.0 Å². The van der Waals surface area contributed by atoms with Gasteiger partial charge in [-0.05, 0) is 30.3 Å². The van der Waals surface area contributed by atoms with Gasteiger partial charge >= 0.3 is 0 Å². The molecule has 0 atom stereocenters. The summed E-state index contributed by atoms with van der Waals surface area (Å²) in [4.78, 5) is 12.1. The standard InChI is InChI=1S/C13H7Cl2FO/c14-9-3-1-2-8(6-9)13(17)11-5-4-10(16)7-12(11)15/h1-7H. The van der Waals surface area contributed by atoms with Crippen LogP contribution in [0.25, 0.3) is 0 Å². The Bertz CT molecular complexity index is 581. The Morgan fingerprint density at radius 2 is 1.82 bits per heavy atom. The van der Waals surface area contributed by atoms with Gasteiger partial charge in [-0.1, -0.05) is 35.3 Å². The van der Waals surface area contributed by atoms with Crippen LogP contribution in [0.15, 0.2) is 42.5 Å². The van der Waals surface area contributed by atoms with Gasteiger partial charge < -0.3 is 0 Å². The Morgan fingerprint density at radius 1 is 1.06 bits per heavy atom. The van der Waals surface area contributed by atoms with Crippen LogP contribution >= 0.6 is 23.2 Å². The lowest BCUT2D eigenvalue weighted by Gasteiger charge is -2.04. The van der Waals surface area contributed by atoms with Crippen molar-refractivity contribution < 1.29 is 9.18 Å². The van der Waals surface area contributed by atoms with E-state index >= 15 is 0 Å². The number of carbonyl (C=O) groups excluding carboxylic acids is 1. The largest absolute Gasteiger partial charge is 0.289 e. The molecular weight excluding hydrogens is 262 g/mol. The minimum Gasteiger partial charge on any atom is -0.289 e. The van der Waals surface area contributed by atoms with Crippen LogP contribution in [0.3, 0.4) is 0 Å². The summed E-state index contributed by atoms with van der Waals surface area (Å²) in [5.74, 6) is -0.754. The van der Waals surface area contributed by atoms with Gasteiger partial charge in [-0.2, -0.15) is 0 Å². The van der Waals surface area contributed by atoms with Gasteiger partial charge in [0.2, 0.25) is 0 Å². The summed E-state index contributed by atoms with van der Waals surface area (Å²) in [5.41, 5.74) is 0.682. The van der Waals surface area contributed by atoms with Crippen LogP contribution in [0, 0.1) is 5.82 Å². The highest BCUT2D eigenvalue weighted by Gasteiger charge is 2.13. The molecule has 2 aromatic rings. The third-order valence-corrected chi connectivity index (χ3v) is 2.81. The van der Waals surface area contributed by atoms with Gasteiger partial charge in [-0.3, -0.25) is 4.79 Å². The molecule has 2 aromatic carbocycles. The molecule has 0 radical (unpaired) electrons. The van der Waals surface area contributed by atoms with Crippen molar-refractivity contribution in [2.75, 3.05) is 0 Å². The first-order valence-electron chi connectivity index (χ1n) is 4.83. The van der Waals surface area contributed by atoms with E-state index in [9.17, 15) is 9.18 Å². The van der Waals surface area contributed by atoms with E-state index in [1.54, 1.807) is 24.3 Å². The summed E-state index contributed by atoms with van der Waals surface area (Å²) in [6.45, 7) is 0. The second-order valence-corrected chi connectivity index (χ2v) is 4.31. The van der Waals surface area contributed by atoms with E-state index in [2.05, 4.69) is 0 Å². The maximum absolute atomic E-state index is 12.9. The second-order valence-electron chi connectivity index (χ2n) is 3.46. The van der Waals surface area contributed by atoms with E-state index in [4.69, 9.17) is 23.2 Å². The van der Waals surface area contributed by atoms with E-state index in [1.807, 2.05) is 0 Å². The van der Waals surface area contributed by atoms with Gasteiger partial charge in [0.1, 0.15) is 5.82 Å². The van der Waals surface area contributed by atoms with E-state index < -0.39 is 5.82 Å². The molecule has 0 saturated heterocycles. The fraction of sp³-hybridized carbons (Fsp3) is 0. The summed E-state index contributed by atoms with van der Waals surface area (Å²) >= 11 is 11.6. The fourth-order valence-corrected chi connectivity index (χ4v) is 1.90. The van der Waals surface area contributed by atoms with Crippen LogP contribution in [-0.2, 0) is 0 Å². The Kier molecular flexibility index (Phi) is 3.46. The van der Waals surface area contributed by atoms with Crippen molar-refractivity contribution in [3.63, 3.8) is 0 Å². The van der Waals surface area contributed by atoms with Gasteiger partial charge in [0.05, 0.1) is 5.02 Å². The van der Waals surface area contributed by atoms with Crippen molar-refractivity contribution in [3.8, 4) is 0 Å². The van der Waals surface area contributed by atoms with Crippen molar-refractivity contribution in [2.24, 2.45) is 0 Å². The number of hydrogen-bond donors (Lipinski definition) is 0. The zero-order valence-corrected chi connectivity index (χ0v) is 10.1. The summed E-state index contributed by atoms with van der Waals surface area (Å²) in [6.07, 6.45) is 0. The molecule has 0 fully saturated rings. The van der Waals surface area contributed by atoms with E-state index in [0.29, 0.717) is 10.6 Å².